The van der Waals surface area contributed by atoms with E-state index in [1.165, 1.54) is 34.1 Å². The summed E-state index contributed by atoms with van der Waals surface area (Å²) in [6, 6.07) is 6.69. The molecule has 2 N–H and O–H groups in total. The van der Waals surface area contributed by atoms with Crippen LogP contribution in [0.2, 0.25) is 0 Å². The Morgan fingerprint density at radius 1 is 1.25 bits per heavy atom. The summed E-state index contributed by atoms with van der Waals surface area (Å²) >= 11 is 0. The number of aromatic amines is 1. The highest BCUT2D eigenvalue weighted by Gasteiger charge is 2.21. The Hall–Kier alpha value is -1.28. The molecule has 0 spiro atoms. The number of hydrogen-bond donors (Lipinski definition) is 2. The van der Waals surface area contributed by atoms with E-state index in [0.29, 0.717) is 5.92 Å². The van der Waals surface area contributed by atoms with Crippen molar-refractivity contribution in [2.75, 3.05) is 13.1 Å². The van der Waals surface area contributed by atoms with Gasteiger partial charge in [-0.3, -0.25) is 0 Å². The maximum Gasteiger partial charge on any atom is 0.0459 e. The van der Waals surface area contributed by atoms with Crippen molar-refractivity contribution in [1.82, 2.24) is 10.3 Å². The van der Waals surface area contributed by atoms with E-state index in [1.54, 1.807) is 0 Å². The molecule has 1 fully saturated rings. The first-order chi connectivity index (χ1) is 7.75. The first-order valence-electron chi connectivity index (χ1n) is 6.05. The summed E-state index contributed by atoms with van der Waals surface area (Å²) in [4.78, 5) is 3.50. The monoisotopic (exact) mass is 214 g/mol. The number of rotatable bonds is 1. The molecule has 84 valence electrons. The van der Waals surface area contributed by atoms with Gasteiger partial charge in [-0.25, -0.2) is 0 Å². The fourth-order valence-corrected chi connectivity index (χ4v) is 2.89. The zero-order valence-electron chi connectivity index (χ0n) is 9.93. The molecule has 0 bridgehead atoms. The van der Waals surface area contributed by atoms with Crippen LogP contribution in [0.3, 0.4) is 0 Å². The lowest BCUT2D eigenvalue weighted by Gasteiger charge is -2.09. The quantitative estimate of drug-likeness (QED) is 0.750. The van der Waals surface area contributed by atoms with Gasteiger partial charge in [0.05, 0.1) is 0 Å². The van der Waals surface area contributed by atoms with E-state index in [4.69, 9.17) is 0 Å². The smallest absolute Gasteiger partial charge is 0.0459 e. The van der Waals surface area contributed by atoms with Crippen LogP contribution in [0.1, 0.15) is 29.2 Å². The molecular formula is C14H18N2. The van der Waals surface area contributed by atoms with Gasteiger partial charge in [-0.15, -0.1) is 0 Å². The summed E-state index contributed by atoms with van der Waals surface area (Å²) < 4.78 is 0. The Labute approximate surface area is 96.1 Å². The first kappa shape index (κ1) is 9.91. The van der Waals surface area contributed by atoms with Gasteiger partial charge in [0, 0.05) is 23.1 Å². The molecule has 0 aliphatic carbocycles. The molecule has 1 atom stereocenters. The number of benzene rings is 1. The Morgan fingerprint density at radius 2 is 2.12 bits per heavy atom. The second-order valence-corrected chi connectivity index (χ2v) is 4.90. The lowest BCUT2D eigenvalue weighted by atomic mass is 9.95. The third-order valence-electron chi connectivity index (χ3n) is 3.66. The highest BCUT2D eigenvalue weighted by Crippen LogP contribution is 2.32. The van der Waals surface area contributed by atoms with E-state index < -0.39 is 0 Å². The minimum atomic E-state index is 0.690. The van der Waals surface area contributed by atoms with Crippen LogP contribution in [0.4, 0.5) is 0 Å². The normalized spacial score (nSPS) is 20.8. The van der Waals surface area contributed by atoms with Crippen LogP contribution in [0.5, 0.6) is 0 Å². The first-order valence-corrected chi connectivity index (χ1v) is 6.05. The van der Waals surface area contributed by atoms with Crippen molar-refractivity contribution >= 4 is 10.9 Å². The Morgan fingerprint density at radius 3 is 2.88 bits per heavy atom. The minimum Gasteiger partial charge on any atom is -0.358 e. The summed E-state index contributed by atoms with van der Waals surface area (Å²) in [6.45, 7) is 6.64. The van der Waals surface area contributed by atoms with E-state index in [-0.39, 0.29) is 0 Å². The highest BCUT2D eigenvalue weighted by atomic mass is 14.9. The van der Waals surface area contributed by atoms with Crippen molar-refractivity contribution in [3.05, 3.63) is 35.0 Å². The molecule has 2 aromatic rings. The van der Waals surface area contributed by atoms with Crippen LogP contribution in [-0.4, -0.2) is 18.1 Å². The molecule has 0 saturated carbocycles. The number of aromatic nitrogens is 1. The number of aryl methyl sites for hydroxylation is 2. The minimum absolute atomic E-state index is 0.690. The van der Waals surface area contributed by atoms with Gasteiger partial charge in [0.2, 0.25) is 0 Å². The largest absolute Gasteiger partial charge is 0.358 e. The maximum absolute atomic E-state index is 3.50. The maximum atomic E-state index is 3.50. The molecular weight excluding hydrogens is 196 g/mol. The second-order valence-electron chi connectivity index (χ2n) is 4.90. The molecule has 1 unspecified atom stereocenters. The molecule has 2 nitrogen and oxygen atoms in total. The molecule has 0 amide bonds. The molecule has 1 aromatic heterocycles. The zero-order chi connectivity index (χ0) is 11.1. The van der Waals surface area contributed by atoms with Crippen LogP contribution >= 0.6 is 0 Å². The summed E-state index contributed by atoms with van der Waals surface area (Å²) in [5.41, 5.74) is 5.50. The molecule has 16 heavy (non-hydrogen) atoms. The third-order valence-corrected chi connectivity index (χ3v) is 3.66. The lowest BCUT2D eigenvalue weighted by Crippen LogP contribution is -2.08. The number of hydrogen-bond acceptors (Lipinski definition) is 1. The van der Waals surface area contributed by atoms with E-state index in [9.17, 15) is 0 Å². The third kappa shape index (κ3) is 1.45. The van der Waals surface area contributed by atoms with E-state index in [2.05, 4.69) is 42.3 Å². The fraction of sp³-hybridized carbons (Fsp3) is 0.429. The van der Waals surface area contributed by atoms with Gasteiger partial charge in [-0.2, -0.15) is 0 Å². The lowest BCUT2D eigenvalue weighted by molar-refractivity contribution is 0.763. The standard InChI is InChI=1S/C14H18N2/c1-9-3-4-13-12(7-9)14(10(2)16-13)11-5-6-15-8-11/h3-4,7,11,15-16H,5-6,8H2,1-2H3. The number of H-pyrrole nitrogens is 1. The van der Waals surface area contributed by atoms with Crippen molar-refractivity contribution in [1.29, 1.82) is 0 Å². The van der Waals surface area contributed by atoms with E-state index >= 15 is 0 Å². The molecule has 1 aromatic carbocycles. The summed E-state index contributed by atoms with van der Waals surface area (Å²) in [6.07, 6.45) is 1.27. The molecule has 1 aliphatic rings. The van der Waals surface area contributed by atoms with Crippen molar-refractivity contribution in [3.63, 3.8) is 0 Å². The Kier molecular flexibility index (Phi) is 2.25. The van der Waals surface area contributed by atoms with Crippen LogP contribution in [0.15, 0.2) is 18.2 Å². The highest BCUT2D eigenvalue weighted by molar-refractivity contribution is 5.86. The van der Waals surface area contributed by atoms with Crippen LogP contribution in [0.25, 0.3) is 10.9 Å². The van der Waals surface area contributed by atoms with Crippen molar-refractivity contribution in [2.24, 2.45) is 0 Å². The van der Waals surface area contributed by atoms with Gasteiger partial charge in [-0.1, -0.05) is 11.6 Å². The van der Waals surface area contributed by atoms with Crippen molar-refractivity contribution in [3.8, 4) is 0 Å². The Bertz CT molecular complexity index is 519. The number of nitrogens with one attached hydrogen (secondary N) is 2. The van der Waals surface area contributed by atoms with Crippen molar-refractivity contribution < 1.29 is 0 Å². The molecule has 2 heterocycles. The summed E-state index contributed by atoms with van der Waals surface area (Å²) in [7, 11) is 0. The molecule has 1 aliphatic heterocycles. The van der Waals surface area contributed by atoms with Gasteiger partial charge >= 0.3 is 0 Å². The average molecular weight is 214 g/mol. The van der Waals surface area contributed by atoms with Gasteiger partial charge in [-0.05, 0) is 50.4 Å². The van der Waals surface area contributed by atoms with E-state index in [1.807, 2.05) is 0 Å². The Balaban J connectivity index is 2.20. The molecule has 3 rings (SSSR count). The molecule has 1 saturated heterocycles. The predicted octanol–water partition coefficient (Wildman–Crippen LogP) is 2.86. The SMILES string of the molecule is Cc1ccc2[nH]c(C)c(C3CCNC3)c2c1. The average Bonchev–Trinajstić information content (AvgIpc) is 2.83. The van der Waals surface area contributed by atoms with Gasteiger partial charge in [0.1, 0.15) is 0 Å². The van der Waals surface area contributed by atoms with Crippen LogP contribution in [0, 0.1) is 13.8 Å². The number of fused-ring (bicyclic) bond motifs is 1. The van der Waals surface area contributed by atoms with E-state index in [0.717, 1.165) is 13.1 Å². The van der Waals surface area contributed by atoms with Gasteiger partial charge < -0.3 is 10.3 Å². The van der Waals surface area contributed by atoms with Gasteiger partial charge in [0.25, 0.3) is 0 Å². The van der Waals surface area contributed by atoms with Crippen molar-refractivity contribution in [2.45, 2.75) is 26.2 Å². The molecule has 2 heteroatoms. The van der Waals surface area contributed by atoms with Gasteiger partial charge in [0.15, 0.2) is 0 Å². The molecule has 0 radical (unpaired) electrons. The zero-order valence-corrected chi connectivity index (χ0v) is 9.93. The van der Waals surface area contributed by atoms with Crippen LogP contribution in [-0.2, 0) is 0 Å². The topological polar surface area (TPSA) is 27.8 Å². The predicted molar refractivity (Wildman–Crippen MR) is 68.0 cm³/mol. The fourth-order valence-electron chi connectivity index (χ4n) is 2.89. The summed E-state index contributed by atoms with van der Waals surface area (Å²) in [5.74, 6) is 0.690. The summed E-state index contributed by atoms with van der Waals surface area (Å²) in [5, 5.41) is 4.88. The second kappa shape index (κ2) is 3.63. The van der Waals surface area contributed by atoms with Crippen LogP contribution < -0.4 is 5.32 Å².